The summed E-state index contributed by atoms with van der Waals surface area (Å²) in [5.41, 5.74) is -1.50. The zero-order valence-electron chi connectivity index (χ0n) is 16.9. The highest BCUT2D eigenvalue weighted by molar-refractivity contribution is 6.30. The molecule has 0 spiro atoms. The summed E-state index contributed by atoms with van der Waals surface area (Å²) < 4.78 is 49.8. The van der Waals surface area contributed by atoms with Crippen LogP contribution in [0.5, 0.6) is 5.75 Å². The van der Waals surface area contributed by atoms with E-state index in [0.717, 1.165) is 17.1 Å². The molecule has 4 rings (SSSR count). The molecule has 0 saturated heterocycles. The minimum atomic E-state index is -4.56. The number of fused-ring (bicyclic) bond motifs is 3. The van der Waals surface area contributed by atoms with Crippen LogP contribution in [-0.4, -0.2) is 50.0 Å². The van der Waals surface area contributed by atoms with Crippen LogP contribution in [0.2, 0.25) is 5.02 Å². The van der Waals surface area contributed by atoms with E-state index in [1.165, 1.54) is 25.1 Å². The normalized spacial score (nSPS) is 19.4. The van der Waals surface area contributed by atoms with E-state index in [4.69, 9.17) is 21.1 Å². The number of amides is 2. The first-order valence-corrected chi connectivity index (χ1v) is 9.77. The number of hydrazone groups is 1. The molecule has 0 fully saturated rings. The molecule has 168 valence electrons. The van der Waals surface area contributed by atoms with Crippen LogP contribution in [0.1, 0.15) is 11.1 Å². The third-order valence-corrected chi connectivity index (χ3v) is 5.68. The lowest BCUT2D eigenvalue weighted by atomic mass is 9.78. The number of rotatable bonds is 2. The zero-order valence-corrected chi connectivity index (χ0v) is 17.7. The fourth-order valence-corrected chi connectivity index (χ4v) is 3.82. The van der Waals surface area contributed by atoms with Gasteiger partial charge >= 0.3 is 18.2 Å². The predicted octanol–water partition coefficient (Wildman–Crippen LogP) is 4.19. The standard InChI is InChI=1S/C21H17ClF3N3O4/c1-27(14-6-4-13(22)5-7-14)19(30)28-10-20(18(29)31-2)11-32-16-9-12(21(23,24)25)3-8-15(16)17(20)26-28/h3-9H,10-11H2,1-2H3. The number of anilines is 1. The predicted molar refractivity (Wildman–Crippen MR) is 110 cm³/mol. The van der Waals surface area contributed by atoms with Gasteiger partial charge in [0.15, 0.2) is 5.41 Å². The number of carbonyl (C=O) groups excluding carboxylic acids is 2. The summed E-state index contributed by atoms with van der Waals surface area (Å²) >= 11 is 5.89. The molecule has 2 aromatic carbocycles. The fourth-order valence-electron chi connectivity index (χ4n) is 3.70. The average molecular weight is 468 g/mol. The second-order valence-electron chi connectivity index (χ2n) is 7.40. The fraction of sp³-hybridized carbons (Fsp3) is 0.286. The molecule has 2 heterocycles. The zero-order chi connectivity index (χ0) is 23.3. The van der Waals surface area contributed by atoms with Gasteiger partial charge in [-0.05, 0) is 42.5 Å². The van der Waals surface area contributed by atoms with Gasteiger partial charge in [-0.15, -0.1) is 0 Å². The molecule has 0 radical (unpaired) electrons. The molecule has 1 unspecified atom stereocenters. The number of hydrogen-bond donors (Lipinski definition) is 0. The highest BCUT2D eigenvalue weighted by Crippen LogP contribution is 2.43. The van der Waals surface area contributed by atoms with Crippen molar-refractivity contribution in [1.82, 2.24) is 5.01 Å². The summed E-state index contributed by atoms with van der Waals surface area (Å²) in [6.45, 7) is -0.506. The number of urea groups is 1. The number of carbonyl (C=O) groups is 2. The highest BCUT2D eigenvalue weighted by atomic mass is 35.5. The molecule has 2 aliphatic rings. The van der Waals surface area contributed by atoms with Gasteiger partial charge in [-0.1, -0.05) is 11.6 Å². The van der Waals surface area contributed by atoms with Crippen molar-refractivity contribution in [2.24, 2.45) is 10.5 Å². The van der Waals surface area contributed by atoms with Gasteiger partial charge < -0.3 is 9.47 Å². The maximum atomic E-state index is 13.1. The van der Waals surface area contributed by atoms with Gasteiger partial charge in [-0.3, -0.25) is 9.69 Å². The number of benzene rings is 2. The molecule has 0 saturated carbocycles. The number of halogens is 4. The van der Waals surface area contributed by atoms with Gasteiger partial charge in [0.05, 0.1) is 24.9 Å². The van der Waals surface area contributed by atoms with Crippen LogP contribution in [0.4, 0.5) is 23.7 Å². The number of esters is 1. The van der Waals surface area contributed by atoms with Crippen molar-refractivity contribution in [1.29, 1.82) is 0 Å². The van der Waals surface area contributed by atoms with Gasteiger partial charge in [0.1, 0.15) is 12.4 Å². The lowest BCUT2D eigenvalue weighted by molar-refractivity contribution is -0.150. The van der Waals surface area contributed by atoms with Crippen LogP contribution in [0.3, 0.4) is 0 Å². The molecule has 2 amide bonds. The van der Waals surface area contributed by atoms with Gasteiger partial charge in [0.25, 0.3) is 0 Å². The molecule has 0 aliphatic carbocycles. The van der Waals surface area contributed by atoms with Crippen LogP contribution in [-0.2, 0) is 15.7 Å². The number of ether oxygens (including phenoxy) is 2. The van der Waals surface area contributed by atoms with E-state index < -0.39 is 29.2 Å². The summed E-state index contributed by atoms with van der Waals surface area (Å²) in [5, 5.41) is 5.90. The van der Waals surface area contributed by atoms with Crippen molar-refractivity contribution < 1.29 is 32.2 Å². The number of nitrogens with zero attached hydrogens (tertiary/aromatic N) is 3. The van der Waals surface area contributed by atoms with Crippen LogP contribution in [0, 0.1) is 5.41 Å². The van der Waals surface area contributed by atoms with Gasteiger partial charge in [0.2, 0.25) is 0 Å². The van der Waals surface area contributed by atoms with E-state index in [-0.39, 0.29) is 30.2 Å². The lowest BCUT2D eigenvalue weighted by Crippen LogP contribution is -2.51. The topological polar surface area (TPSA) is 71.4 Å². The first-order valence-electron chi connectivity index (χ1n) is 9.39. The van der Waals surface area contributed by atoms with Crippen LogP contribution in [0.25, 0.3) is 0 Å². The average Bonchev–Trinajstić information content (AvgIpc) is 3.18. The number of hydrogen-bond acceptors (Lipinski definition) is 5. The Hall–Kier alpha value is -3.27. The summed E-state index contributed by atoms with van der Waals surface area (Å²) in [7, 11) is 2.71. The Bertz CT molecular complexity index is 1120. The molecule has 0 bridgehead atoms. The van der Waals surface area contributed by atoms with Crippen molar-refractivity contribution in [2.45, 2.75) is 6.18 Å². The Morgan fingerprint density at radius 3 is 2.53 bits per heavy atom. The Labute approximate surface area is 185 Å². The van der Waals surface area contributed by atoms with E-state index in [1.54, 1.807) is 24.3 Å². The summed E-state index contributed by atoms with van der Waals surface area (Å²) in [4.78, 5) is 27.1. The van der Waals surface area contributed by atoms with Crippen LogP contribution < -0.4 is 9.64 Å². The quantitative estimate of drug-likeness (QED) is 0.621. The second-order valence-corrected chi connectivity index (χ2v) is 7.83. The van der Waals surface area contributed by atoms with E-state index >= 15 is 0 Å². The molecular formula is C21H17ClF3N3O4. The van der Waals surface area contributed by atoms with Crippen molar-refractivity contribution in [2.75, 3.05) is 32.2 Å². The summed E-state index contributed by atoms with van der Waals surface area (Å²) in [6, 6.07) is 8.89. The van der Waals surface area contributed by atoms with Crippen molar-refractivity contribution in [3.63, 3.8) is 0 Å². The molecule has 0 N–H and O–H groups in total. The smallest absolute Gasteiger partial charge is 0.416 e. The summed E-state index contributed by atoms with van der Waals surface area (Å²) in [5.74, 6) is -0.773. The Morgan fingerprint density at radius 2 is 1.91 bits per heavy atom. The number of alkyl halides is 3. The molecule has 1 atom stereocenters. The SMILES string of the molecule is COC(=O)C12COc3cc(C(F)(F)F)ccc3C1=NN(C(=O)N(C)c1ccc(Cl)cc1)C2. The molecule has 11 heteroatoms. The van der Waals surface area contributed by atoms with Crippen LogP contribution in [0.15, 0.2) is 47.6 Å². The van der Waals surface area contributed by atoms with Crippen molar-refractivity contribution >= 4 is 35.0 Å². The lowest BCUT2D eigenvalue weighted by Gasteiger charge is -2.33. The Kier molecular flexibility index (Phi) is 5.28. The Balaban J connectivity index is 1.73. The van der Waals surface area contributed by atoms with Gasteiger partial charge in [-0.25, -0.2) is 9.80 Å². The third-order valence-electron chi connectivity index (χ3n) is 5.43. The highest BCUT2D eigenvalue weighted by Gasteiger charge is 2.56. The minimum Gasteiger partial charge on any atom is -0.491 e. The molecule has 7 nitrogen and oxygen atoms in total. The van der Waals surface area contributed by atoms with E-state index in [2.05, 4.69) is 5.10 Å². The maximum Gasteiger partial charge on any atom is 0.416 e. The monoisotopic (exact) mass is 467 g/mol. The summed E-state index contributed by atoms with van der Waals surface area (Å²) in [6.07, 6.45) is -4.56. The third kappa shape index (κ3) is 3.54. The Morgan fingerprint density at radius 1 is 1.22 bits per heavy atom. The molecule has 0 aromatic heterocycles. The van der Waals surface area contributed by atoms with Crippen molar-refractivity contribution in [3.8, 4) is 5.75 Å². The molecule has 2 aliphatic heterocycles. The first kappa shape index (κ1) is 21.9. The van der Waals surface area contributed by atoms with E-state index in [9.17, 15) is 22.8 Å². The van der Waals surface area contributed by atoms with E-state index in [0.29, 0.717) is 10.7 Å². The number of methoxy groups -OCH3 is 1. The van der Waals surface area contributed by atoms with Gasteiger partial charge in [0, 0.05) is 23.3 Å². The maximum absolute atomic E-state index is 13.1. The van der Waals surface area contributed by atoms with Crippen LogP contribution >= 0.6 is 11.6 Å². The minimum absolute atomic E-state index is 0.0709. The first-order chi connectivity index (χ1) is 15.1. The van der Waals surface area contributed by atoms with Gasteiger partial charge in [-0.2, -0.15) is 18.3 Å². The van der Waals surface area contributed by atoms with Crippen molar-refractivity contribution in [3.05, 3.63) is 58.6 Å². The second kappa shape index (κ2) is 7.70. The van der Waals surface area contributed by atoms with E-state index in [1.807, 2.05) is 0 Å². The molecular weight excluding hydrogens is 451 g/mol. The largest absolute Gasteiger partial charge is 0.491 e. The molecule has 32 heavy (non-hydrogen) atoms. The molecule has 2 aromatic rings.